The van der Waals surface area contributed by atoms with Crippen LogP contribution in [0.15, 0.2) is 12.3 Å². The maximum atomic E-state index is 9.98. The fourth-order valence-corrected chi connectivity index (χ4v) is 2.19. The number of nitrogens with one attached hydrogen (secondary N) is 1. The number of nitrogens with two attached hydrogens (primary N) is 1. The number of hydrogen-bond acceptors (Lipinski definition) is 8. The Bertz CT molecular complexity index is 676. The van der Waals surface area contributed by atoms with E-state index < -0.39 is 11.7 Å². The van der Waals surface area contributed by atoms with E-state index in [4.69, 9.17) is 10.5 Å². The van der Waals surface area contributed by atoms with Crippen LogP contribution in [0.4, 0.5) is 11.6 Å². The minimum Gasteiger partial charge on any atom is -0.387 e. The molecular weight excluding hydrogens is 310 g/mol. The van der Waals surface area contributed by atoms with Crippen molar-refractivity contribution in [1.82, 2.24) is 15.0 Å². The molecule has 0 aliphatic carbocycles. The molecule has 1 aliphatic heterocycles. The Labute approximate surface area is 141 Å². The van der Waals surface area contributed by atoms with Gasteiger partial charge in [-0.1, -0.05) is 0 Å². The predicted octanol–water partition coefficient (Wildman–Crippen LogP) is 1.25. The van der Waals surface area contributed by atoms with Gasteiger partial charge in [0.2, 0.25) is 0 Å². The van der Waals surface area contributed by atoms with Crippen LogP contribution in [0, 0.1) is 0 Å². The number of nitrogens with zero attached hydrogens (tertiary/aromatic N) is 3. The first-order valence-corrected chi connectivity index (χ1v) is 7.92. The van der Waals surface area contributed by atoms with Crippen LogP contribution in [0.2, 0.25) is 0 Å². The molecule has 0 saturated carbocycles. The first-order valence-electron chi connectivity index (χ1n) is 7.92. The minimum absolute atomic E-state index is 0.268. The Kier molecular flexibility index (Phi) is 5.87. The Hall–Kier alpha value is -2.03. The van der Waals surface area contributed by atoms with Gasteiger partial charge in [-0.15, -0.1) is 0 Å². The summed E-state index contributed by atoms with van der Waals surface area (Å²) in [7, 11) is 1.70. The molecule has 8 nitrogen and oxygen atoms in total. The molecule has 0 radical (unpaired) electrons. The van der Waals surface area contributed by atoms with Crippen molar-refractivity contribution in [3.05, 3.63) is 18.0 Å². The van der Waals surface area contributed by atoms with Gasteiger partial charge in [0.05, 0.1) is 23.0 Å². The highest BCUT2D eigenvalue weighted by molar-refractivity contribution is 5.79. The van der Waals surface area contributed by atoms with Crippen molar-refractivity contribution in [3.63, 3.8) is 0 Å². The van der Waals surface area contributed by atoms with E-state index >= 15 is 0 Å². The molecule has 0 bridgehead atoms. The number of aliphatic hydroxyl groups is 2. The second-order valence-electron chi connectivity index (χ2n) is 6.18. The van der Waals surface area contributed by atoms with Crippen LogP contribution in [0.5, 0.6) is 0 Å². The summed E-state index contributed by atoms with van der Waals surface area (Å²) in [6.45, 7) is 5.02. The number of hydrogen-bond donors (Lipinski definition) is 4. The SMILES string of the molecule is C1CCOC1.CNc1nc2cnc(C(O)C(C)(C)O)cc2nc1N. The van der Waals surface area contributed by atoms with E-state index in [2.05, 4.69) is 20.3 Å². The van der Waals surface area contributed by atoms with E-state index in [1.807, 2.05) is 0 Å². The third-order valence-corrected chi connectivity index (χ3v) is 3.61. The van der Waals surface area contributed by atoms with Gasteiger partial charge in [0.15, 0.2) is 11.6 Å². The van der Waals surface area contributed by atoms with Crippen molar-refractivity contribution < 1.29 is 14.9 Å². The zero-order chi connectivity index (χ0) is 17.7. The summed E-state index contributed by atoms with van der Waals surface area (Å²) in [6, 6.07) is 1.57. The third kappa shape index (κ3) is 4.50. The molecule has 1 aliphatic rings. The van der Waals surface area contributed by atoms with Crippen LogP contribution in [0.25, 0.3) is 11.0 Å². The van der Waals surface area contributed by atoms with Crippen LogP contribution in [-0.2, 0) is 4.74 Å². The van der Waals surface area contributed by atoms with Crippen LogP contribution < -0.4 is 11.1 Å². The molecule has 0 spiro atoms. The molecule has 2 aromatic rings. The molecule has 3 rings (SSSR count). The average molecular weight is 335 g/mol. The van der Waals surface area contributed by atoms with Crippen molar-refractivity contribution in [2.45, 2.75) is 38.4 Å². The number of fused-ring (bicyclic) bond motifs is 1. The van der Waals surface area contributed by atoms with Gasteiger partial charge in [-0.3, -0.25) is 4.98 Å². The molecule has 24 heavy (non-hydrogen) atoms. The fourth-order valence-electron chi connectivity index (χ4n) is 2.19. The number of aliphatic hydroxyl groups excluding tert-OH is 1. The van der Waals surface area contributed by atoms with Gasteiger partial charge in [-0.25, -0.2) is 9.97 Å². The summed E-state index contributed by atoms with van der Waals surface area (Å²) in [5.41, 5.74) is 5.86. The van der Waals surface area contributed by atoms with Crippen LogP contribution in [0.1, 0.15) is 38.5 Å². The molecule has 1 atom stereocenters. The van der Waals surface area contributed by atoms with E-state index in [0.29, 0.717) is 22.5 Å². The summed E-state index contributed by atoms with van der Waals surface area (Å²) in [5, 5.41) is 22.6. The van der Waals surface area contributed by atoms with Crippen LogP contribution in [0.3, 0.4) is 0 Å². The Balaban J connectivity index is 0.000000355. The number of anilines is 2. The number of pyridine rings is 1. The quantitative estimate of drug-likeness (QED) is 0.660. The van der Waals surface area contributed by atoms with Gasteiger partial charge in [0, 0.05) is 20.3 Å². The van der Waals surface area contributed by atoms with Crippen molar-refractivity contribution in [2.24, 2.45) is 0 Å². The number of aromatic nitrogens is 3. The molecule has 2 aromatic heterocycles. The standard InChI is InChI=1S/C12H17N5O2.C4H8O/c1-12(2,19)9(18)7-4-6-8(5-15-7)17-11(14-3)10(13)16-6;1-2-4-5-3-1/h4-5,9,18-19H,1-3H3,(H2,13,16)(H,14,17);1-4H2. The smallest absolute Gasteiger partial charge is 0.169 e. The van der Waals surface area contributed by atoms with E-state index in [1.54, 1.807) is 13.1 Å². The topological polar surface area (TPSA) is 126 Å². The normalized spacial score (nSPS) is 15.7. The molecule has 132 valence electrons. The van der Waals surface area contributed by atoms with Crippen LogP contribution in [-0.4, -0.2) is 51.0 Å². The predicted molar refractivity (Wildman–Crippen MR) is 92.6 cm³/mol. The molecule has 5 N–H and O–H groups in total. The lowest BCUT2D eigenvalue weighted by atomic mass is 9.98. The van der Waals surface area contributed by atoms with E-state index in [-0.39, 0.29) is 5.82 Å². The third-order valence-electron chi connectivity index (χ3n) is 3.61. The van der Waals surface area contributed by atoms with Gasteiger partial charge >= 0.3 is 0 Å². The maximum absolute atomic E-state index is 9.98. The highest BCUT2D eigenvalue weighted by Gasteiger charge is 2.27. The van der Waals surface area contributed by atoms with Gasteiger partial charge in [0.25, 0.3) is 0 Å². The number of nitrogen functional groups attached to an aromatic ring is 1. The van der Waals surface area contributed by atoms with E-state index in [9.17, 15) is 10.2 Å². The zero-order valence-corrected chi connectivity index (χ0v) is 14.3. The van der Waals surface area contributed by atoms with Gasteiger partial charge in [-0.2, -0.15) is 0 Å². The Morgan fingerprint density at radius 1 is 1.25 bits per heavy atom. The molecule has 1 fully saturated rings. The maximum Gasteiger partial charge on any atom is 0.169 e. The summed E-state index contributed by atoms with van der Waals surface area (Å²) in [4.78, 5) is 12.5. The lowest BCUT2D eigenvalue weighted by molar-refractivity contribution is -0.0516. The monoisotopic (exact) mass is 335 g/mol. The summed E-state index contributed by atoms with van der Waals surface area (Å²) in [6.07, 6.45) is 2.94. The second kappa shape index (κ2) is 7.69. The second-order valence-corrected chi connectivity index (χ2v) is 6.18. The first-order chi connectivity index (χ1) is 11.3. The van der Waals surface area contributed by atoms with Gasteiger partial charge in [0.1, 0.15) is 11.6 Å². The number of ether oxygens (including phenoxy) is 1. The van der Waals surface area contributed by atoms with Gasteiger partial charge < -0.3 is 26.0 Å². The molecule has 3 heterocycles. The van der Waals surface area contributed by atoms with Crippen molar-refractivity contribution in [3.8, 4) is 0 Å². The van der Waals surface area contributed by atoms with Crippen LogP contribution >= 0.6 is 0 Å². The molecular formula is C16H25N5O3. The fraction of sp³-hybridized carbons (Fsp3) is 0.562. The summed E-state index contributed by atoms with van der Waals surface area (Å²) in [5.74, 6) is 0.745. The molecule has 0 amide bonds. The van der Waals surface area contributed by atoms with E-state index in [0.717, 1.165) is 13.2 Å². The highest BCUT2D eigenvalue weighted by atomic mass is 16.5. The summed E-state index contributed by atoms with van der Waals surface area (Å²) < 4.78 is 4.94. The highest BCUT2D eigenvalue weighted by Crippen LogP contribution is 2.26. The lowest BCUT2D eigenvalue weighted by Gasteiger charge is -2.23. The number of rotatable bonds is 3. The Morgan fingerprint density at radius 2 is 1.92 bits per heavy atom. The van der Waals surface area contributed by atoms with Gasteiger partial charge in [-0.05, 0) is 32.8 Å². The molecule has 1 unspecified atom stereocenters. The lowest BCUT2D eigenvalue weighted by Crippen LogP contribution is -2.29. The Morgan fingerprint density at radius 3 is 2.42 bits per heavy atom. The molecule has 0 aromatic carbocycles. The molecule has 1 saturated heterocycles. The zero-order valence-electron chi connectivity index (χ0n) is 14.3. The van der Waals surface area contributed by atoms with E-state index in [1.165, 1.54) is 32.9 Å². The largest absolute Gasteiger partial charge is 0.387 e. The summed E-state index contributed by atoms with van der Waals surface area (Å²) >= 11 is 0. The molecule has 8 heteroatoms. The van der Waals surface area contributed by atoms with Crippen molar-refractivity contribution in [2.75, 3.05) is 31.3 Å². The average Bonchev–Trinajstić information content (AvgIpc) is 3.11. The minimum atomic E-state index is -1.29. The van der Waals surface area contributed by atoms with Crippen molar-refractivity contribution in [1.29, 1.82) is 0 Å². The van der Waals surface area contributed by atoms with Crippen molar-refractivity contribution >= 4 is 22.7 Å². The first kappa shape index (κ1) is 18.3.